The van der Waals surface area contributed by atoms with Crippen molar-refractivity contribution in [2.24, 2.45) is 0 Å². The van der Waals surface area contributed by atoms with E-state index in [2.05, 4.69) is 13.8 Å². The quantitative estimate of drug-likeness (QED) is 0.0673. The molecule has 0 aromatic carbocycles. The summed E-state index contributed by atoms with van der Waals surface area (Å²) >= 11 is 0. The van der Waals surface area contributed by atoms with E-state index in [1.54, 1.807) is 0 Å². The van der Waals surface area contributed by atoms with Crippen LogP contribution in [0, 0.1) is 0 Å². The fraction of sp³-hybridized carbons (Fsp3) is 0.971. The molecule has 0 heterocycles. The van der Waals surface area contributed by atoms with Crippen LogP contribution in [0.4, 0.5) is 0 Å². The Balaban J connectivity index is 3.08. The lowest BCUT2D eigenvalue weighted by Gasteiger charge is -2.09. The minimum absolute atomic E-state index is 0.152. The number of rotatable bonds is 44. The van der Waals surface area contributed by atoms with Gasteiger partial charge in [0.25, 0.3) is 0 Å². The number of hydrogen-bond acceptors (Lipinski definition) is 14. The average molecular weight is 715 g/mol. The molecular formula is C35H70O14. The molecule has 14 nitrogen and oxygen atoms in total. The third kappa shape index (κ3) is 45.0. The summed E-state index contributed by atoms with van der Waals surface area (Å²) in [5.41, 5.74) is 0. The maximum absolute atomic E-state index is 11.5. The molecule has 0 saturated carbocycles. The molecule has 0 amide bonds. The monoisotopic (exact) mass is 714 g/mol. The van der Waals surface area contributed by atoms with Crippen molar-refractivity contribution < 1.29 is 66.4 Å². The maximum Gasteiger partial charge on any atom is 0.305 e. The van der Waals surface area contributed by atoms with Crippen molar-refractivity contribution in [2.45, 2.75) is 58.8 Å². The summed E-state index contributed by atoms with van der Waals surface area (Å²) in [6.45, 7) is 17.1. The molecule has 0 fully saturated rings. The van der Waals surface area contributed by atoms with Gasteiger partial charge in [-0.25, -0.2) is 0 Å². The Bertz CT molecular complexity index is 617. The maximum atomic E-state index is 11.5. The molecule has 0 bridgehead atoms. The minimum atomic E-state index is -0.152. The molecule has 0 unspecified atom stereocenters. The van der Waals surface area contributed by atoms with Gasteiger partial charge in [0, 0.05) is 13.0 Å². The lowest BCUT2D eigenvalue weighted by atomic mass is 10.2. The molecule has 0 atom stereocenters. The average Bonchev–Trinajstić information content (AvgIpc) is 3.11. The zero-order valence-electron chi connectivity index (χ0n) is 30.8. The first-order chi connectivity index (χ1) is 24.3. The van der Waals surface area contributed by atoms with Crippen LogP contribution in [0.25, 0.3) is 0 Å². The van der Waals surface area contributed by atoms with Gasteiger partial charge in [0.1, 0.15) is 6.61 Å². The van der Waals surface area contributed by atoms with E-state index in [0.717, 1.165) is 45.1 Å². The molecule has 0 aliphatic carbocycles. The van der Waals surface area contributed by atoms with Gasteiger partial charge in [-0.2, -0.15) is 0 Å². The molecule has 14 heteroatoms. The largest absolute Gasteiger partial charge is 0.463 e. The molecule has 0 rings (SSSR count). The summed E-state index contributed by atoms with van der Waals surface area (Å²) in [5, 5.41) is 0. The van der Waals surface area contributed by atoms with E-state index in [9.17, 15) is 4.79 Å². The van der Waals surface area contributed by atoms with Crippen molar-refractivity contribution >= 4 is 5.97 Å². The fourth-order valence-corrected chi connectivity index (χ4v) is 3.75. The smallest absolute Gasteiger partial charge is 0.305 e. The normalized spacial score (nSPS) is 11.5. The topological polar surface area (TPSA) is 137 Å². The first kappa shape index (κ1) is 48.0. The molecule has 0 spiro atoms. The van der Waals surface area contributed by atoms with Gasteiger partial charge in [-0.3, -0.25) is 4.79 Å². The van der Waals surface area contributed by atoms with E-state index in [0.29, 0.717) is 158 Å². The van der Waals surface area contributed by atoms with Gasteiger partial charge in [0.15, 0.2) is 0 Å². The molecule has 0 aromatic heterocycles. The van der Waals surface area contributed by atoms with Gasteiger partial charge in [-0.1, -0.05) is 39.5 Å². The van der Waals surface area contributed by atoms with E-state index < -0.39 is 0 Å². The Morgan fingerprint density at radius 3 is 0.796 bits per heavy atom. The van der Waals surface area contributed by atoms with Crippen molar-refractivity contribution in [1.29, 1.82) is 0 Å². The van der Waals surface area contributed by atoms with Crippen molar-refractivity contribution in [3.63, 3.8) is 0 Å². The highest BCUT2D eigenvalue weighted by molar-refractivity contribution is 5.69. The third-order valence-corrected chi connectivity index (χ3v) is 6.46. The van der Waals surface area contributed by atoms with Gasteiger partial charge < -0.3 is 61.6 Å². The summed E-state index contributed by atoms with van der Waals surface area (Å²) in [5.74, 6) is -0.152. The van der Waals surface area contributed by atoms with E-state index >= 15 is 0 Å². The molecule has 0 N–H and O–H groups in total. The van der Waals surface area contributed by atoms with Crippen molar-refractivity contribution in [3.8, 4) is 0 Å². The number of carbonyl (C=O) groups is 1. The first-order valence-corrected chi connectivity index (χ1v) is 18.4. The van der Waals surface area contributed by atoms with E-state index in [-0.39, 0.29) is 12.6 Å². The Morgan fingerprint density at radius 2 is 0.531 bits per heavy atom. The third-order valence-electron chi connectivity index (χ3n) is 6.46. The molecule has 0 aliphatic heterocycles. The molecule has 0 radical (unpaired) electrons. The first-order valence-electron chi connectivity index (χ1n) is 18.4. The molecule has 49 heavy (non-hydrogen) atoms. The zero-order valence-corrected chi connectivity index (χ0v) is 30.8. The number of carbonyl (C=O) groups excluding carboxylic acids is 1. The predicted octanol–water partition coefficient (Wildman–Crippen LogP) is 3.50. The highest BCUT2D eigenvalue weighted by Gasteiger charge is 2.02. The Hall–Kier alpha value is -1.01. The Labute approximate surface area is 296 Å². The van der Waals surface area contributed by atoms with Crippen LogP contribution < -0.4 is 0 Å². The Morgan fingerprint density at radius 1 is 0.286 bits per heavy atom. The van der Waals surface area contributed by atoms with Gasteiger partial charge in [-0.15, -0.1) is 0 Å². The number of esters is 1. The van der Waals surface area contributed by atoms with Crippen molar-refractivity contribution in [2.75, 3.05) is 165 Å². The van der Waals surface area contributed by atoms with E-state index in [1.807, 2.05) is 0 Å². The summed E-state index contributed by atoms with van der Waals surface area (Å²) in [4.78, 5) is 11.5. The summed E-state index contributed by atoms with van der Waals surface area (Å²) < 4.78 is 70.7. The fourth-order valence-electron chi connectivity index (χ4n) is 3.75. The van der Waals surface area contributed by atoms with Crippen molar-refractivity contribution in [3.05, 3.63) is 0 Å². The van der Waals surface area contributed by atoms with Crippen LogP contribution in [-0.4, -0.2) is 171 Å². The van der Waals surface area contributed by atoms with Gasteiger partial charge >= 0.3 is 5.97 Å². The number of hydrogen-bond donors (Lipinski definition) is 0. The van der Waals surface area contributed by atoms with Crippen LogP contribution in [0.1, 0.15) is 58.8 Å². The molecule has 0 aliphatic rings. The second-order valence-corrected chi connectivity index (χ2v) is 10.7. The lowest BCUT2D eigenvalue weighted by molar-refractivity contribution is -0.145. The van der Waals surface area contributed by atoms with Crippen LogP contribution in [0.3, 0.4) is 0 Å². The van der Waals surface area contributed by atoms with E-state index in [1.165, 1.54) is 0 Å². The minimum Gasteiger partial charge on any atom is -0.463 e. The summed E-state index contributed by atoms with van der Waals surface area (Å²) in [6, 6.07) is 0. The van der Waals surface area contributed by atoms with Crippen LogP contribution in [0.2, 0.25) is 0 Å². The van der Waals surface area contributed by atoms with Crippen LogP contribution in [-0.2, 0) is 66.4 Å². The molecular weight excluding hydrogens is 644 g/mol. The molecule has 0 saturated heterocycles. The molecule has 294 valence electrons. The second-order valence-electron chi connectivity index (χ2n) is 10.7. The highest BCUT2D eigenvalue weighted by Crippen LogP contribution is 2.03. The zero-order chi connectivity index (χ0) is 35.4. The van der Waals surface area contributed by atoms with Gasteiger partial charge in [0.2, 0.25) is 0 Å². The highest BCUT2D eigenvalue weighted by atomic mass is 16.6. The van der Waals surface area contributed by atoms with E-state index in [4.69, 9.17) is 61.6 Å². The van der Waals surface area contributed by atoms with Gasteiger partial charge in [-0.05, 0) is 12.8 Å². The SMILES string of the molecule is CCCCCCC(=O)OCCOCCOCCOCCOCCOCCOCCOCCOCCOCCOCCOCCOCCCC. The second kappa shape index (κ2) is 45.0. The summed E-state index contributed by atoms with van der Waals surface area (Å²) in [6.07, 6.45) is 6.99. The molecule has 0 aromatic rings. The van der Waals surface area contributed by atoms with Crippen molar-refractivity contribution in [1.82, 2.24) is 0 Å². The van der Waals surface area contributed by atoms with Crippen LogP contribution in [0.15, 0.2) is 0 Å². The standard InChI is InChI=1S/C35H70O14/c1-3-5-7-8-9-35(36)49-34-33-48-32-31-47-30-29-46-28-27-45-26-25-44-24-23-43-22-21-42-20-19-41-18-17-40-16-15-39-14-13-38-12-11-37-10-6-4-2/h3-34H2,1-2H3. The number of unbranched alkanes of at least 4 members (excludes halogenated alkanes) is 4. The van der Waals surface area contributed by atoms with Gasteiger partial charge in [0.05, 0.1) is 152 Å². The number of ether oxygens (including phenoxy) is 13. The summed E-state index contributed by atoms with van der Waals surface area (Å²) in [7, 11) is 0. The lowest BCUT2D eigenvalue weighted by Crippen LogP contribution is -2.15. The Kier molecular flexibility index (Phi) is 44.1. The van der Waals surface area contributed by atoms with Crippen LogP contribution in [0.5, 0.6) is 0 Å². The van der Waals surface area contributed by atoms with Crippen LogP contribution >= 0.6 is 0 Å². The predicted molar refractivity (Wildman–Crippen MR) is 184 cm³/mol.